The number of benzene rings is 2. The monoisotopic (exact) mass is 405 g/mol. The predicted octanol–water partition coefficient (Wildman–Crippen LogP) is 5.10. The Balaban J connectivity index is 1.47. The van der Waals surface area contributed by atoms with Crippen LogP contribution in [-0.4, -0.2) is 40.4 Å². The van der Waals surface area contributed by atoms with Gasteiger partial charge in [0.2, 0.25) is 0 Å². The molecule has 3 heterocycles. The van der Waals surface area contributed by atoms with Crippen LogP contribution in [0.25, 0.3) is 26.4 Å². The van der Waals surface area contributed by atoms with E-state index in [2.05, 4.69) is 17.5 Å². The number of aromatic nitrogens is 2. The number of methoxy groups -OCH3 is 1. The number of imidazole rings is 1. The smallest absolute Gasteiger partial charge is 0.253 e. The minimum absolute atomic E-state index is 0.142. The molecule has 2 aromatic carbocycles. The fraction of sp³-hybridized carbons (Fsp3) is 0.304. The van der Waals surface area contributed by atoms with Crippen molar-refractivity contribution in [3.8, 4) is 17.0 Å². The average molecular weight is 406 g/mol. The van der Waals surface area contributed by atoms with Gasteiger partial charge >= 0.3 is 0 Å². The maximum Gasteiger partial charge on any atom is 0.253 e. The molecule has 0 radical (unpaired) electrons. The Kier molecular flexibility index (Phi) is 4.51. The molecule has 0 bridgehead atoms. The molecule has 2 aromatic heterocycles. The predicted molar refractivity (Wildman–Crippen MR) is 117 cm³/mol. The zero-order chi connectivity index (χ0) is 20.0. The summed E-state index contributed by atoms with van der Waals surface area (Å²) in [5, 5.41) is 0. The Labute approximate surface area is 173 Å². The summed E-state index contributed by atoms with van der Waals surface area (Å²) in [6, 6.07) is 13.9. The number of carbonyl (C=O) groups is 1. The number of hydrogen-bond acceptors (Lipinski definition) is 4. The highest BCUT2D eigenvalue weighted by molar-refractivity contribution is 7.23. The lowest BCUT2D eigenvalue weighted by atomic mass is 9.99. The third kappa shape index (κ3) is 3.27. The largest absolute Gasteiger partial charge is 0.497 e. The summed E-state index contributed by atoms with van der Waals surface area (Å²) in [7, 11) is 1.67. The van der Waals surface area contributed by atoms with Crippen LogP contribution in [0.5, 0.6) is 5.75 Å². The molecule has 1 saturated heterocycles. The van der Waals surface area contributed by atoms with Gasteiger partial charge in [0, 0.05) is 30.4 Å². The van der Waals surface area contributed by atoms with Crippen molar-refractivity contribution in [1.29, 1.82) is 0 Å². The second kappa shape index (κ2) is 7.19. The molecule has 1 aliphatic rings. The van der Waals surface area contributed by atoms with Crippen LogP contribution in [0, 0.1) is 5.92 Å². The van der Waals surface area contributed by atoms with Crippen molar-refractivity contribution in [2.24, 2.45) is 5.92 Å². The van der Waals surface area contributed by atoms with E-state index < -0.39 is 0 Å². The van der Waals surface area contributed by atoms with Gasteiger partial charge < -0.3 is 9.64 Å². The van der Waals surface area contributed by atoms with Crippen molar-refractivity contribution in [1.82, 2.24) is 14.3 Å². The van der Waals surface area contributed by atoms with Crippen molar-refractivity contribution >= 4 is 32.4 Å². The van der Waals surface area contributed by atoms with E-state index in [0.717, 1.165) is 57.3 Å². The first-order valence-electron chi connectivity index (χ1n) is 9.98. The van der Waals surface area contributed by atoms with Crippen LogP contribution in [0.1, 0.15) is 30.1 Å². The second-order valence-corrected chi connectivity index (χ2v) is 8.80. The van der Waals surface area contributed by atoms with Crippen LogP contribution in [0.3, 0.4) is 0 Å². The van der Waals surface area contributed by atoms with Gasteiger partial charge in [-0.3, -0.25) is 9.20 Å². The average Bonchev–Trinajstić information content (AvgIpc) is 3.31. The number of ether oxygens (including phenoxy) is 1. The number of hydrogen-bond donors (Lipinski definition) is 0. The topological polar surface area (TPSA) is 46.8 Å². The van der Waals surface area contributed by atoms with Crippen molar-refractivity contribution in [2.45, 2.75) is 19.8 Å². The molecule has 0 aliphatic carbocycles. The van der Waals surface area contributed by atoms with E-state index in [-0.39, 0.29) is 5.91 Å². The van der Waals surface area contributed by atoms with Crippen LogP contribution in [0.2, 0.25) is 0 Å². The van der Waals surface area contributed by atoms with Gasteiger partial charge in [-0.25, -0.2) is 4.98 Å². The first-order chi connectivity index (χ1) is 14.1. The lowest BCUT2D eigenvalue weighted by Gasteiger charge is -2.31. The molecule has 1 amide bonds. The molecule has 5 nitrogen and oxygen atoms in total. The van der Waals surface area contributed by atoms with E-state index in [4.69, 9.17) is 9.72 Å². The van der Waals surface area contributed by atoms with Gasteiger partial charge in [-0.1, -0.05) is 18.3 Å². The van der Waals surface area contributed by atoms with Gasteiger partial charge in [-0.15, -0.1) is 0 Å². The minimum atomic E-state index is 0.142. The number of likely N-dealkylation sites (tertiary alicyclic amines) is 1. The van der Waals surface area contributed by atoms with E-state index in [1.54, 1.807) is 18.4 Å². The quantitative estimate of drug-likeness (QED) is 0.477. The Morgan fingerprint density at radius 1 is 1.21 bits per heavy atom. The molecule has 148 valence electrons. The van der Waals surface area contributed by atoms with E-state index in [9.17, 15) is 4.79 Å². The van der Waals surface area contributed by atoms with Gasteiger partial charge in [0.05, 0.1) is 23.0 Å². The summed E-state index contributed by atoms with van der Waals surface area (Å²) in [5.74, 6) is 1.56. The highest BCUT2D eigenvalue weighted by Crippen LogP contribution is 2.31. The Morgan fingerprint density at radius 2 is 2.03 bits per heavy atom. The second-order valence-electron chi connectivity index (χ2n) is 7.79. The molecule has 5 rings (SSSR count). The molecule has 29 heavy (non-hydrogen) atoms. The summed E-state index contributed by atoms with van der Waals surface area (Å²) in [6.45, 7) is 3.94. The normalized spacial score (nSPS) is 17.2. The lowest BCUT2D eigenvalue weighted by molar-refractivity contribution is 0.0683. The molecule has 4 aromatic rings. The van der Waals surface area contributed by atoms with Crippen molar-refractivity contribution in [2.75, 3.05) is 20.2 Å². The van der Waals surface area contributed by atoms with Crippen LogP contribution in [0.4, 0.5) is 0 Å². The van der Waals surface area contributed by atoms with Gasteiger partial charge in [0.15, 0.2) is 4.96 Å². The summed E-state index contributed by atoms with van der Waals surface area (Å²) in [4.78, 5) is 20.7. The highest BCUT2D eigenvalue weighted by Gasteiger charge is 2.22. The number of fused-ring (bicyclic) bond motifs is 3. The van der Waals surface area contributed by atoms with Crippen LogP contribution in [0.15, 0.2) is 48.7 Å². The number of amides is 1. The lowest BCUT2D eigenvalue weighted by Crippen LogP contribution is -2.39. The van der Waals surface area contributed by atoms with E-state index >= 15 is 0 Å². The highest BCUT2D eigenvalue weighted by atomic mass is 32.1. The van der Waals surface area contributed by atoms with Crippen LogP contribution < -0.4 is 4.74 Å². The Hall–Kier alpha value is -2.86. The zero-order valence-corrected chi connectivity index (χ0v) is 17.4. The summed E-state index contributed by atoms with van der Waals surface area (Å²) in [5.41, 5.74) is 3.84. The van der Waals surface area contributed by atoms with Gasteiger partial charge in [-0.2, -0.15) is 0 Å². The molecule has 1 aliphatic heterocycles. The summed E-state index contributed by atoms with van der Waals surface area (Å²) < 4.78 is 8.43. The first kappa shape index (κ1) is 18.2. The standard InChI is InChI=1S/C23H23N3O2S/c1-15-4-3-11-25(13-15)22(27)17-7-10-20-21(12-17)29-23-24-19(14-26(20)23)16-5-8-18(28-2)9-6-16/h5-10,12,14-15H,3-4,11,13H2,1-2H3. The Morgan fingerprint density at radius 3 is 2.79 bits per heavy atom. The maximum absolute atomic E-state index is 12.9. The summed E-state index contributed by atoms with van der Waals surface area (Å²) in [6.07, 6.45) is 4.36. The third-order valence-electron chi connectivity index (χ3n) is 5.67. The summed E-state index contributed by atoms with van der Waals surface area (Å²) >= 11 is 1.62. The zero-order valence-electron chi connectivity index (χ0n) is 16.6. The third-order valence-corrected chi connectivity index (χ3v) is 6.69. The SMILES string of the molecule is COc1ccc(-c2cn3c(n2)sc2cc(C(=O)N4CCCC(C)C4)ccc23)cc1. The molecule has 1 fully saturated rings. The molecule has 1 unspecified atom stereocenters. The molecular weight excluding hydrogens is 382 g/mol. The molecular formula is C23H23N3O2S. The van der Waals surface area contributed by atoms with Crippen molar-refractivity contribution < 1.29 is 9.53 Å². The van der Waals surface area contributed by atoms with Crippen molar-refractivity contribution in [3.05, 3.63) is 54.2 Å². The fourth-order valence-electron chi connectivity index (χ4n) is 4.09. The number of piperidine rings is 1. The molecule has 0 spiro atoms. The molecule has 1 atom stereocenters. The fourth-order valence-corrected chi connectivity index (χ4v) is 5.14. The molecule has 6 heteroatoms. The maximum atomic E-state index is 12.9. The van der Waals surface area contributed by atoms with Crippen molar-refractivity contribution in [3.63, 3.8) is 0 Å². The number of rotatable bonds is 3. The van der Waals surface area contributed by atoms with Gasteiger partial charge in [0.1, 0.15) is 5.75 Å². The number of thiazole rings is 1. The molecule has 0 saturated carbocycles. The first-order valence-corrected chi connectivity index (χ1v) is 10.8. The Bertz CT molecular complexity index is 1190. The van der Waals surface area contributed by atoms with Crippen LogP contribution >= 0.6 is 11.3 Å². The molecule has 0 N–H and O–H groups in total. The van der Waals surface area contributed by atoms with Gasteiger partial charge in [-0.05, 0) is 61.2 Å². The van der Waals surface area contributed by atoms with E-state index in [1.807, 2.05) is 47.4 Å². The van der Waals surface area contributed by atoms with E-state index in [1.165, 1.54) is 6.42 Å². The number of nitrogens with zero attached hydrogens (tertiary/aromatic N) is 3. The van der Waals surface area contributed by atoms with E-state index in [0.29, 0.717) is 5.92 Å². The minimum Gasteiger partial charge on any atom is -0.497 e. The van der Waals surface area contributed by atoms with Gasteiger partial charge in [0.25, 0.3) is 5.91 Å². The van der Waals surface area contributed by atoms with Crippen LogP contribution in [-0.2, 0) is 0 Å². The number of carbonyl (C=O) groups excluding carboxylic acids is 1.